The molecule has 1 fully saturated rings. The first-order valence-corrected chi connectivity index (χ1v) is 13.7. The summed E-state index contributed by atoms with van der Waals surface area (Å²) in [5.74, 6) is -1.79. The number of amides is 2. The van der Waals surface area contributed by atoms with E-state index in [1.54, 1.807) is 4.90 Å². The molecule has 1 aliphatic rings. The molecule has 2 atom stereocenters. The molecule has 0 spiro atoms. The Morgan fingerprint density at radius 2 is 1.89 bits per heavy atom. The number of carbonyl (C=O) groups is 2. The average Bonchev–Trinajstić information content (AvgIpc) is 2.82. The normalized spacial score (nSPS) is 16.0. The van der Waals surface area contributed by atoms with Gasteiger partial charge in [0.05, 0.1) is 25.2 Å². The molecule has 10 heteroatoms. The zero-order chi connectivity index (χ0) is 26.8. The fraction of sp³-hybridized carbons (Fsp3) is 0.481. The predicted octanol–water partition coefficient (Wildman–Crippen LogP) is 2.69. The molecular formula is C27H35F2IN4O3. The van der Waals surface area contributed by atoms with Crippen molar-refractivity contribution in [1.29, 1.82) is 0 Å². The Kier molecular flexibility index (Phi) is 11.7. The van der Waals surface area contributed by atoms with E-state index in [4.69, 9.17) is 0 Å². The number of halogens is 3. The molecule has 0 radical (unpaired) electrons. The van der Waals surface area contributed by atoms with Gasteiger partial charge in [0.1, 0.15) is 11.6 Å². The van der Waals surface area contributed by atoms with E-state index in [0.29, 0.717) is 25.2 Å². The van der Waals surface area contributed by atoms with Crippen LogP contribution in [0.25, 0.3) is 0 Å². The van der Waals surface area contributed by atoms with Crippen molar-refractivity contribution in [2.24, 2.45) is 0 Å². The molecule has 1 heterocycles. The lowest BCUT2D eigenvalue weighted by Gasteiger charge is -2.34. The van der Waals surface area contributed by atoms with Crippen molar-refractivity contribution in [2.45, 2.75) is 44.9 Å². The van der Waals surface area contributed by atoms with Gasteiger partial charge in [-0.25, -0.2) is 8.78 Å². The van der Waals surface area contributed by atoms with Gasteiger partial charge in [0.25, 0.3) is 0 Å². The van der Waals surface area contributed by atoms with E-state index >= 15 is 0 Å². The second kappa shape index (κ2) is 14.7. The van der Waals surface area contributed by atoms with Gasteiger partial charge in [-0.05, 0) is 70.8 Å². The van der Waals surface area contributed by atoms with E-state index in [2.05, 4.69) is 40.1 Å². The Hall–Kier alpha value is -2.15. The number of nitrogens with zero attached hydrogens (tertiary/aromatic N) is 2. The van der Waals surface area contributed by atoms with Gasteiger partial charge in [-0.1, -0.05) is 25.5 Å². The number of unbranched alkanes of at least 4 members (excludes halogenated alkanes) is 1. The van der Waals surface area contributed by atoms with E-state index in [1.807, 2.05) is 29.2 Å². The number of carbonyl (C=O) groups excluding carboxylic acids is 2. The molecule has 3 rings (SSSR count). The summed E-state index contributed by atoms with van der Waals surface area (Å²) in [4.78, 5) is 28.9. The fourth-order valence-electron chi connectivity index (χ4n) is 4.35. The Morgan fingerprint density at radius 3 is 2.57 bits per heavy atom. The van der Waals surface area contributed by atoms with E-state index in [-0.39, 0.29) is 37.9 Å². The van der Waals surface area contributed by atoms with Crippen LogP contribution in [0, 0.1) is 15.2 Å². The van der Waals surface area contributed by atoms with Gasteiger partial charge in [-0.15, -0.1) is 0 Å². The number of hydrogen-bond acceptors (Lipinski definition) is 5. The van der Waals surface area contributed by atoms with Crippen molar-refractivity contribution in [1.82, 2.24) is 20.4 Å². The average molecular weight is 629 g/mol. The van der Waals surface area contributed by atoms with Gasteiger partial charge in [0, 0.05) is 42.4 Å². The second-order valence-corrected chi connectivity index (χ2v) is 10.7. The zero-order valence-corrected chi connectivity index (χ0v) is 23.2. The first-order chi connectivity index (χ1) is 17.7. The maximum atomic E-state index is 13.8. The van der Waals surface area contributed by atoms with Crippen LogP contribution in [0.4, 0.5) is 8.78 Å². The highest BCUT2D eigenvalue weighted by atomic mass is 127. The third-order valence-electron chi connectivity index (χ3n) is 6.31. The highest BCUT2D eigenvalue weighted by Crippen LogP contribution is 2.13. The molecule has 37 heavy (non-hydrogen) atoms. The molecule has 2 aromatic rings. The smallest absolute Gasteiger partial charge is 0.236 e. The van der Waals surface area contributed by atoms with Gasteiger partial charge in [0.2, 0.25) is 11.8 Å². The van der Waals surface area contributed by atoms with Crippen LogP contribution in [0.15, 0.2) is 42.5 Å². The summed E-state index contributed by atoms with van der Waals surface area (Å²) < 4.78 is 28.6. The van der Waals surface area contributed by atoms with Gasteiger partial charge >= 0.3 is 0 Å². The highest BCUT2D eigenvalue weighted by Gasteiger charge is 2.27. The van der Waals surface area contributed by atoms with E-state index in [1.165, 1.54) is 12.1 Å². The summed E-state index contributed by atoms with van der Waals surface area (Å²) >= 11 is 2.23. The van der Waals surface area contributed by atoms with Gasteiger partial charge in [-0.3, -0.25) is 14.5 Å². The quantitative estimate of drug-likeness (QED) is 0.298. The van der Waals surface area contributed by atoms with Crippen LogP contribution in [0.2, 0.25) is 0 Å². The minimum absolute atomic E-state index is 0.000839. The van der Waals surface area contributed by atoms with E-state index in [9.17, 15) is 23.5 Å². The molecule has 0 aromatic heterocycles. The Bertz CT molecular complexity index is 1040. The van der Waals surface area contributed by atoms with Gasteiger partial charge in [-0.2, -0.15) is 0 Å². The van der Waals surface area contributed by atoms with Crippen LogP contribution in [0.3, 0.4) is 0 Å². The fourth-order valence-corrected chi connectivity index (χ4v) is 4.96. The lowest BCUT2D eigenvalue weighted by molar-refractivity contribution is -0.137. The topological polar surface area (TPSA) is 84.9 Å². The number of rotatable bonds is 13. The summed E-state index contributed by atoms with van der Waals surface area (Å²) in [6, 6.07) is 10.3. The van der Waals surface area contributed by atoms with Crippen LogP contribution in [-0.4, -0.2) is 78.1 Å². The Morgan fingerprint density at radius 1 is 1.14 bits per heavy atom. The van der Waals surface area contributed by atoms with Crippen molar-refractivity contribution in [3.05, 3.63) is 68.8 Å². The summed E-state index contributed by atoms with van der Waals surface area (Å²) in [6.45, 7) is 4.82. The SMILES string of the molecule is CCCCN1CCN(CC(=O)N[C@@H](Cc2cc(F)cc(F)c2)[C@@H](O)CNCc2cccc(I)c2)CC1=O. The first-order valence-electron chi connectivity index (χ1n) is 12.6. The Balaban J connectivity index is 1.59. The zero-order valence-electron chi connectivity index (χ0n) is 21.1. The van der Waals surface area contributed by atoms with Crippen molar-refractivity contribution in [2.75, 3.05) is 39.3 Å². The number of aliphatic hydroxyl groups excluding tert-OH is 1. The molecule has 1 saturated heterocycles. The van der Waals surface area contributed by atoms with E-state index in [0.717, 1.165) is 34.6 Å². The summed E-state index contributed by atoms with van der Waals surface area (Å²) in [5, 5.41) is 16.9. The highest BCUT2D eigenvalue weighted by molar-refractivity contribution is 14.1. The third kappa shape index (κ3) is 9.91. The summed E-state index contributed by atoms with van der Waals surface area (Å²) in [7, 11) is 0. The summed E-state index contributed by atoms with van der Waals surface area (Å²) in [5.41, 5.74) is 1.38. The molecule has 7 nitrogen and oxygen atoms in total. The largest absolute Gasteiger partial charge is 0.390 e. The van der Waals surface area contributed by atoms with Crippen LogP contribution in [-0.2, 0) is 22.6 Å². The van der Waals surface area contributed by atoms with Crippen molar-refractivity contribution >= 4 is 34.4 Å². The molecule has 0 saturated carbocycles. The van der Waals surface area contributed by atoms with Gasteiger partial charge in [0.15, 0.2) is 0 Å². The molecule has 0 bridgehead atoms. The molecule has 2 amide bonds. The molecule has 1 aliphatic heterocycles. The number of piperazine rings is 1. The minimum atomic E-state index is -1.01. The van der Waals surface area contributed by atoms with Crippen molar-refractivity contribution < 1.29 is 23.5 Å². The second-order valence-electron chi connectivity index (χ2n) is 9.43. The third-order valence-corrected chi connectivity index (χ3v) is 6.98. The molecule has 3 N–H and O–H groups in total. The number of hydrogen-bond donors (Lipinski definition) is 3. The Labute approximate surface area is 230 Å². The van der Waals surface area contributed by atoms with E-state index < -0.39 is 23.8 Å². The first kappa shape index (κ1) is 29.4. The lowest BCUT2D eigenvalue weighted by atomic mass is 10.0. The van der Waals surface area contributed by atoms with Crippen LogP contribution in [0.1, 0.15) is 30.9 Å². The lowest BCUT2D eigenvalue weighted by Crippen LogP contribution is -2.55. The maximum Gasteiger partial charge on any atom is 0.236 e. The molecule has 2 aromatic carbocycles. The minimum Gasteiger partial charge on any atom is -0.390 e. The van der Waals surface area contributed by atoms with Crippen LogP contribution in [0.5, 0.6) is 0 Å². The number of nitrogens with one attached hydrogen (secondary N) is 2. The van der Waals surface area contributed by atoms with Gasteiger partial charge < -0.3 is 20.6 Å². The standard InChI is InChI=1S/C27H35F2IN4O3/c1-2-3-7-34-9-8-33(18-27(34)37)17-26(36)32-24(13-20-10-21(28)14-22(29)11-20)25(35)16-31-15-19-5-4-6-23(30)12-19/h4-6,10-12,14,24-25,31,35H,2-3,7-9,13,15-18H2,1H3,(H,32,36)/t24-,25-/m0/s1. The van der Waals surface area contributed by atoms with Crippen molar-refractivity contribution in [3.63, 3.8) is 0 Å². The predicted molar refractivity (Wildman–Crippen MR) is 147 cm³/mol. The molecular weight excluding hydrogens is 593 g/mol. The maximum absolute atomic E-state index is 13.8. The number of benzene rings is 2. The summed E-state index contributed by atoms with van der Waals surface area (Å²) in [6.07, 6.45) is 1.000. The number of aliphatic hydroxyl groups is 1. The molecule has 0 aliphatic carbocycles. The molecule has 0 unspecified atom stereocenters. The molecule has 202 valence electrons. The monoisotopic (exact) mass is 628 g/mol. The van der Waals surface area contributed by atoms with Crippen LogP contribution < -0.4 is 10.6 Å². The van der Waals surface area contributed by atoms with Crippen molar-refractivity contribution in [3.8, 4) is 0 Å². The van der Waals surface area contributed by atoms with Crippen LogP contribution >= 0.6 is 22.6 Å².